The molecule has 1 heterocycles. The first-order chi connectivity index (χ1) is 9.20. The molecule has 2 N–H and O–H groups in total. The van der Waals surface area contributed by atoms with Crippen LogP contribution in [0.1, 0.15) is 31.4 Å². The van der Waals surface area contributed by atoms with Gasteiger partial charge in [-0.05, 0) is 24.3 Å². The predicted molar refractivity (Wildman–Crippen MR) is 74.8 cm³/mol. The summed E-state index contributed by atoms with van der Waals surface area (Å²) in [5.74, 6) is 0.559. The Kier molecular flexibility index (Phi) is 4.80. The average Bonchev–Trinajstić information content (AvgIpc) is 2.45. The summed E-state index contributed by atoms with van der Waals surface area (Å²) < 4.78 is 0. The zero-order valence-corrected chi connectivity index (χ0v) is 11.4. The van der Waals surface area contributed by atoms with Gasteiger partial charge in [-0.2, -0.15) is 0 Å². The lowest BCUT2D eigenvalue weighted by Gasteiger charge is -2.32. The van der Waals surface area contributed by atoms with Gasteiger partial charge >= 0.3 is 6.03 Å². The maximum Gasteiger partial charge on any atom is 0.317 e. The van der Waals surface area contributed by atoms with Crippen molar-refractivity contribution in [3.63, 3.8) is 0 Å². The smallest absolute Gasteiger partial charge is 0.317 e. The Morgan fingerprint density at radius 3 is 2.84 bits per heavy atom. The fourth-order valence-corrected chi connectivity index (χ4v) is 2.53. The number of carbonyl (C=O) groups excluding carboxylic acids is 1. The van der Waals surface area contributed by atoms with E-state index in [1.807, 2.05) is 35.2 Å². The van der Waals surface area contributed by atoms with Gasteiger partial charge in [0.2, 0.25) is 0 Å². The largest absolute Gasteiger partial charge is 0.394 e. The topological polar surface area (TPSA) is 52.6 Å². The standard InChI is InChI=1S/C15H22N2O2/c1-12-6-5-9-17(10-12)15(19)16-14(11-18)13-7-3-2-4-8-13/h2-4,7-8,12,14,18H,5-6,9-11H2,1H3,(H,16,19)/t12?,14-/m1/s1. The molecular weight excluding hydrogens is 240 g/mol. The normalized spacial score (nSPS) is 20.9. The van der Waals surface area contributed by atoms with Crippen LogP contribution in [0.15, 0.2) is 30.3 Å². The molecule has 2 atom stereocenters. The lowest BCUT2D eigenvalue weighted by molar-refractivity contribution is 0.159. The molecule has 1 fully saturated rings. The fraction of sp³-hybridized carbons (Fsp3) is 0.533. The number of amides is 2. The molecule has 0 radical (unpaired) electrons. The van der Waals surface area contributed by atoms with E-state index in [9.17, 15) is 9.90 Å². The van der Waals surface area contributed by atoms with E-state index in [1.54, 1.807) is 0 Å². The molecule has 4 nitrogen and oxygen atoms in total. The minimum atomic E-state index is -0.328. The van der Waals surface area contributed by atoms with Crippen LogP contribution in [0.25, 0.3) is 0 Å². The zero-order chi connectivity index (χ0) is 13.7. The van der Waals surface area contributed by atoms with Crippen molar-refractivity contribution in [3.8, 4) is 0 Å². The third-order valence-electron chi connectivity index (χ3n) is 3.63. The van der Waals surface area contributed by atoms with Crippen molar-refractivity contribution in [2.24, 2.45) is 5.92 Å². The minimum absolute atomic E-state index is 0.0746. The first-order valence-electron chi connectivity index (χ1n) is 6.92. The summed E-state index contributed by atoms with van der Waals surface area (Å²) in [4.78, 5) is 14.0. The van der Waals surface area contributed by atoms with Crippen LogP contribution in [-0.2, 0) is 0 Å². The van der Waals surface area contributed by atoms with Crippen LogP contribution >= 0.6 is 0 Å². The van der Waals surface area contributed by atoms with Crippen LogP contribution in [-0.4, -0.2) is 35.7 Å². The molecule has 1 aliphatic rings. The summed E-state index contributed by atoms with van der Waals surface area (Å²) in [6.07, 6.45) is 2.25. The Balaban J connectivity index is 1.96. The highest BCUT2D eigenvalue weighted by molar-refractivity contribution is 5.74. The van der Waals surface area contributed by atoms with E-state index in [0.29, 0.717) is 5.92 Å². The Bertz CT molecular complexity index is 408. The Hall–Kier alpha value is -1.55. The molecule has 1 unspecified atom stereocenters. The van der Waals surface area contributed by atoms with Crippen molar-refractivity contribution in [1.82, 2.24) is 10.2 Å². The maximum absolute atomic E-state index is 12.2. The summed E-state index contributed by atoms with van der Waals surface area (Å²) in [6.45, 7) is 3.70. The summed E-state index contributed by atoms with van der Waals surface area (Å²) in [5, 5.41) is 12.4. The first kappa shape index (κ1) is 13.9. The van der Waals surface area contributed by atoms with Gasteiger partial charge in [0.1, 0.15) is 0 Å². The van der Waals surface area contributed by atoms with Gasteiger partial charge in [-0.15, -0.1) is 0 Å². The second-order valence-electron chi connectivity index (χ2n) is 5.29. The van der Waals surface area contributed by atoms with Crippen molar-refractivity contribution in [2.45, 2.75) is 25.8 Å². The van der Waals surface area contributed by atoms with E-state index in [-0.39, 0.29) is 18.7 Å². The predicted octanol–water partition coefficient (Wildman–Crippen LogP) is 2.16. The highest BCUT2D eigenvalue weighted by Crippen LogP contribution is 2.17. The minimum Gasteiger partial charge on any atom is -0.394 e. The van der Waals surface area contributed by atoms with Crippen molar-refractivity contribution >= 4 is 6.03 Å². The first-order valence-corrected chi connectivity index (χ1v) is 6.92. The van der Waals surface area contributed by atoms with Crippen LogP contribution < -0.4 is 5.32 Å². The summed E-state index contributed by atoms with van der Waals surface area (Å²) >= 11 is 0. The number of carbonyl (C=O) groups is 1. The van der Waals surface area contributed by atoms with Crippen LogP contribution in [0, 0.1) is 5.92 Å². The molecular formula is C15H22N2O2. The second kappa shape index (κ2) is 6.57. The molecule has 2 rings (SSSR count). The van der Waals surface area contributed by atoms with Gasteiger partial charge in [-0.25, -0.2) is 4.79 Å². The summed E-state index contributed by atoms with van der Waals surface area (Å²) in [5.41, 5.74) is 0.934. The lowest BCUT2D eigenvalue weighted by atomic mass is 10.0. The SMILES string of the molecule is CC1CCCN(C(=O)N[C@H](CO)c2ccccc2)C1. The van der Waals surface area contributed by atoms with Crippen LogP contribution in [0.2, 0.25) is 0 Å². The Labute approximate surface area is 114 Å². The van der Waals surface area contributed by atoms with E-state index in [4.69, 9.17) is 0 Å². The summed E-state index contributed by atoms with van der Waals surface area (Å²) in [6, 6.07) is 9.17. The van der Waals surface area contributed by atoms with Gasteiger partial charge < -0.3 is 15.3 Å². The lowest BCUT2D eigenvalue weighted by Crippen LogP contribution is -2.46. The van der Waals surface area contributed by atoms with Gasteiger partial charge in [-0.1, -0.05) is 37.3 Å². The van der Waals surface area contributed by atoms with E-state index in [1.165, 1.54) is 6.42 Å². The summed E-state index contributed by atoms with van der Waals surface area (Å²) in [7, 11) is 0. The molecule has 19 heavy (non-hydrogen) atoms. The van der Waals surface area contributed by atoms with Crippen molar-refractivity contribution in [1.29, 1.82) is 0 Å². The molecule has 104 valence electrons. The van der Waals surface area contributed by atoms with Crippen molar-refractivity contribution < 1.29 is 9.90 Å². The number of aliphatic hydroxyl groups is 1. The monoisotopic (exact) mass is 262 g/mol. The molecule has 0 saturated carbocycles. The third-order valence-corrected chi connectivity index (χ3v) is 3.63. The number of nitrogens with one attached hydrogen (secondary N) is 1. The molecule has 0 spiro atoms. The quantitative estimate of drug-likeness (QED) is 0.877. The van der Waals surface area contributed by atoms with Crippen LogP contribution in [0.4, 0.5) is 4.79 Å². The van der Waals surface area contributed by atoms with Crippen LogP contribution in [0.3, 0.4) is 0 Å². The van der Waals surface area contributed by atoms with Gasteiger partial charge in [-0.3, -0.25) is 0 Å². The van der Waals surface area contributed by atoms with Gasteiger partial charge in [0.25, 0.3) is 0 Å². The van der Waals surface area contributed by atoms with Crippen molar-refractivity contribution in [2.75, 3.05) is 19.7 Å². The number of rotatable bonds is 3. The number of urea groups is 1. The van der Waals surface area contributed by atoms with E-state index in [2.05, 4.69) is 12.2 Å². The number of hydrogen-bond donors (Lipinski definition) is 2. The maximum atomic E-state index is 12.2. The molecule has 2 amide bonds. The number of aliphatic hydroxyl groups excluding tert-OH is 1. The van der Waals surface area contributed by atoms with E-state index >= 15 is 0 Å². The van der Waals surface area contributed by atoms with Crippen LogP contribution in [0.5, 0.6) is 0 Å². The Morgan fingerprint density at radius 1 is 1.47 bits per heavy atom. The Morgan fingerprint density at radius 2 is 2.21 bits per heavy atom. The van der Waals surface area contributed by atoms with Gasteiger partial charge in [0.05, 0.1) is 12.6 Å². The third kappa shape index (κ3) is 3.70. The van der Waals surface area contributed by atoms with Crippen molar-refractivity contribution in [3.05, 3.63) is 35.9 Å². The molecule has 4 heteroatoms. The molecule has 1 aromatic carbocycles. The number of piperidine rings is 1. The molecule has 0 aliphatic carbocycles. The highest BCUT2D eigenvalue weighted by atomic mass is 16.3. The zero-order valence-electron chi connectivity index (χ0n) is 11.4. The number of likely N-dealkylation sites (tertiary alicyclic amines) is 1. The van der Waals surface area contributed by atoms with E-state index < -0.39 is 0 Å². The molecule has 0 bridgehead atoms. The molecule has 1 saturated heterocycles. The highest BCUT2D eigenvalue weighted by Gasteiger charge is 2.23. The number of hydrogen-bond acceptors (Lipinski definition) is 2. The van der Waals surface area contributed by atoms with Gasteiger partial charge in [0, 0.05) is 13.1 Å². The molecule has 1 aliphatic heterocycles. The fourth-order valence-electron chi connectivity index (χ4n) is 2.53. The number of benzene rings is 1. The average molecular weight is 262 g/mol. The number of nitrogens with zero attached hydrogens (tertiary/aromatic N) is 1. The van der Waals surface area contributed by atoms with E-state index in [0.717, 1.165) is 25.1 Å². The molecule has 0 aromatic heterocycles. The second-order valence-corrected chi connectivity index (χ2v) is 5.29. The van der Waals surface area contributed by atoms with Gasteiger partial charge in [0.15, 0.2) is 0 Å². The molecule has 1 aromatic rings.